The zero-order valence-electron chi connectivity index (χ0n) is 17.7. The Morgan fingerprint density at radius 1 is 1.03 bits per heavy atom. The Morgan fingerprint density at radius 3 is 2.33 bits per heavy atom. The smallest absolute Gasteiger partial charge is 0.338 e. The number of nitrogens with one attached hydrogen (secondary N) is 1. The van der Waals surface area contributed by atoms with E-state index in [1.807, 2.05) is 32.0 Å². The summed E-state index contributed by atoms with van der Waals surface area (Å²) >= 11 is 0. The fourth-order valence-electron chi connectivity index (χ4n) is 3.80. The number of ether oxygens (including phenoxy) is 1. The Kier molecular flexibility index (Phi) is 6.87. The lowest BCUT2D eigenvalue weighted by atomic mass is 9.96. The number of nitrogens with zero attached hydrogens (tertiary/aromatic N) is 1. The minimum atomic E-state index is -0.386. The fourth-order valence-corrected chi connectivity index (χ4v) is 3.80. The maximum atomic E-state index is 12.9. The van der Waals surface area contributed by atoms with Crippen LogP contribution in [0.25, 0.3) is 0 Å². The highest BCUT2D eigenvalue weighted by Crippen LogP contribution is 2.22. The number of aryl methyl sites for hydroxylation is 2. The van der Waals surface area contributed by atoms with Gasteiger partial charge >= 0.3 is 5.97 Å². The largest absolute Gasteiger partial charge is 0.462 e. The standard InChI is InChI=1S/C24H28N2O4/c1-4-30-24(29)18-7-9-21(10-8-18)25-22(27)19-6-5-11-26(15-19)23(28)20-13-16(2)12-17(3)14-20/h7-10,12-14,19H,4-6,11,15H2,1-3H3,(H,25,27). The summed E-state index contributed by atoms with van der Waals surface area (Å²) in [5.41, 5.74) is 3.83. The Balaban J connectivity index is 1.62. The van der Waals surface area contributed by atoms with Crippen LogP contribution in [0, 0.1) is 19.8 Å². The molecule has 0 bridgehead atoms. The Hall–Kier alpha value is -3.15. The van der Waals surface area contributed by atoms with Crippen molar-refractivity contribution in [1.29, 1.82) is 0 Å². The van der Waals surface area contributed by atoms with E-state index in [2.05, 4.69) is 5.32 Å². The van der Waals surface area contributed by atoms with Gasteiger partial charge in [-0.25, -0.2) is 4.79 Å². The molecular weight excluding hydrogens is 380 g/mol. The highest BCUT2D eigenvalue weighted by Gasteiger charge is 2.29. The molecule has 1 atom stereocenters. The Bertz CT molecular complexity index is 916. The van der Waals surface area contributed by atoms with E-state index >= 15 is 0 Å². The number of amides is 2. The molecule has 1 unspecified atom stereocenters. The van der Waals surface area contributed by atoms with Gasteiger partial charge in [0.25, 0.3) is 5.91 Å². The second-order valence-electron chi connectivity index (χ2n) is 7.75. The molecule has 1 heterocycles. The summed E-state index contributed by atoms with van der Waals surface area (Å²) in [6.07, 6.45) is 1.53. The summed E-state index contributed by atoms with van der Waals surface area (Å²) < 4.78 is 4.97. The van der Waals surface area contributed by atoms with Crippen molar-refractivity contribution in [3.8, 4) is 0 Å². The molecule has 2 aromatic rings. The Morgan fingerprint density at radius 2 is 1.70 bits per heavy atom. The lowest BCUT2D eigenvalue weighted by molar-refractivity contribution is -0.121. The maximum absolute atomic E-state index is 12.9. The average molecular weight is 408 g/mol. The summed E-state index contributed by atoms with van der Waals surface area (Å²) in [6, 6.07) is 12.5. The van der Waals surface area contributed by atoms with Gasteiger partial charge in [0.1, 0.15) is 0 Å². The maximum Gasteiger partial charge on any atom is 0.338 e. The molecule has 1 saturated heterocycles. The molecule has 2 aromatic carbocycles. The van der Waals surface area contributed by atoms with Crippen molar-refractivity contribution in [2.75, 3.05) is 25.0 Å². The third-order valence-corrected chi connectivity index (χ3v) is 5.21. The van der Waals surface area contributed by atoms with Gasteiger partial charge in [0.2, 0.25) is 5.91 Å². The van der Waals surface area contributed by atoms with Gasteiger partial charge in [0.15, 0.2) is 0 Å². The zero-order valence-corrected chi connectivity index (χ0v) is 17.7. The number of carbonyl (C=O) groups is 3. The number of benzene rings is 2. The first kappa shape index (κ1) is 21.6. The summed E-state index contributed by atoms with van der Waals surface area (Å²) in [4.78, 5) is 39.2. The molecule has 3 rings (SSSR count). The minimum absolute atomic E-state index is 0.0295. The van der Waals surface area contributed by atoms with E-state index in [1.54, 1.807) is 36.1 Å². The molecule has 2 amide bonds. The number of hydrogen-bond donors (Lipinski definition) is 1. The number of rotatable bonds is 5. The number of likely N-dealkylation sites (tertiary alicyclic amines) is 1. The van der Waals surface area contributed by atoms with Crippen LogP contribution >= 0.6 is 0 Å². The van der Waals surface area contributed by atoms with Gasteiger partial charge < -0.3 is 15.0 Å². The van der Waals surface area contributed by atoms with E-state index in [4.69, 9.17) is 4.74 Å². The zero-order chi connectivity index (χ0) is 21.7. The molecule has 1 aliphatic heterocycles. The van der Waals surface area contributed by atoms with Crippen molar-refractivity contribution < 1.29 is 19.1 Å². The van der Waals surface area contributed by atoms with Gasteiger partial charge in [0, 0.05) is 24.3 Å². The predicted molar refractivity (Wildman–Crippen MR) is 116 cm³/mol. The summed E-state index contributed by atoms with van der Waals surface area (Å²) in [7, 11) is 0. The van der Waals surface area contributed by atoms with Crippen LogP contribution in [-0.4, -0.2) is 42.4 Å². The van der Waals surface area contributed by atoms with Crippen LogP contribution in [0.2, 0.25) is 0 Å². The van der Waals surface area contributed by atoms with Gasteiger partial charge in [-0.3, -0.25) is 9.59 Å². The molecule has 6 heteroatoms. The number of anilines is 1. The molecular formula is C24H28N2O4. The van der Waals surface area contributed by atoms with Crippen molar-refractivity contribution in [3.63, 3.8) is 0 Å². The monoisotopic (exact) mass is 408 g/mol. The van der Waals surface area contributed by atoms with Crippen LogP contribution in [0.4, 0.5) is 5.69 Å². The van der Waals surface area contributed by atoms with Crippen molar-refractivity contribution in [1.82, 2.24) is 4.90 Å². The van der Waals surface area contributed by atoms with Crippen molar-refractivity contribution in [2.24, 2.45) is 5.92 Å². The van der Waals surface area contributed by atoms with Crippen LogP contribution in [0.5, 0.6) is 0 Å². The number of carbonyl (C=O) groups excluding carboxylic acids is 3. The van der Waals surface area contributed by atoms with Crippen LogP contribution in [0.15, 0.2) is 42.5 Å². The average Bonchev–Trinajstić information content (AvgIpc) is 2.73. The highest BCUT2D eigenvalue weighted by atomic mass is 16.5. The van der Waals surface area contributed by atoms with E-state index in [0.29, 0.717) is 36.5 Å². The minimum Gasteiger partial charge on any atom is -0.462 e. The first-order valence-corrected chi connectivity index (χ1v) is 10.3. The summed E-state index contributed by atoms with van der Waals surface area (Å²) in [6.45, 7) is 7.08. The Labute approximate surface area is 177 Å². The third-order valence-electron chi connectivity index (χ3n) is 5.21. The molecule has 0 aliphatic carbocycles. The van der Waals surface area contributed by atoms with E-state index < -0.39 is 0 Å². The summed E-state index contributed by atoms with van der Waals surface area (Å²) in [5.74, 6) is -0.795. The topological polar surface area (TPSA) is 75.7 Å². The number of piperidine rings is 1. The first-order valence-electron chi connectivity index (χ1n) is 10.3. The van der Waals surface area contributed by atoms with E-state index in [9.17, 15) is 14.4 Å². The molecule has 1 N–H and O–H groups in total. The first-order chi connectivity index (χ1) is 14.4. The van der Waals surface area contributed by atoms with Gasteiger partial charge in [0.05, 0.1) is 18.1 Å². The number of esters is 1. The van der Waals surface area contributed by atoms with Crippen molar-refractivity contribution >= 4 is 23.5 Å². The van der Waals surface area contributed by atoms with Gasteiger partial charge in [-0.05, 0) is 70.0 Å². The summed E-state index contributed by atoms with van der Waals surface area (Å²) in [5, 5.41) is 2.90. The van der Waals surface area contributed by atoms with Gasteiger partial charge in [-0.1, -0.05) is 17.2 Å². The predicted octanol–water partition coefficient (Wildman–Crippen LogP) is 3.97. The highest BCUT2D eigenvalue weighted by molar-refractivity contribution is 5.97. The third kappa shape index (κ3) is 5.26. The lowest BCUT2D eigenvalue weighted by Gasteiger charge is -2.32. The fraction of sp³-hybridized carbons (Fsp3) is 0.375. The molecule has 1 fully saturated rings. The second-order valence-corrected chi connectivity index (χ2v) is 7.75. The number of hydrogen-bond acceptors (Lipinski definition) is 4. The quantitative estimate of drug-likeness (QED) is 0.760. The van der Waals surface area contributed by atoms with Crippen LogP contribution in [-0.2, 0) is 9.53 Å². The van der Waals surface area contributed by atoms with Crippen LogP contribution in [0.1, 0.15) is 51.6 Å². The van der Waals surface area contributed by atoms with Gasteiger partial charge in [-0.2, -0.15) is 0 Å². The SMILES string of the molecule is CCOC(=O)c1ccc(NC(=O)C2CCCN(C(=O)c3cc(C)cc(C)c3)C2)cc1. The molecule has 6 nitrogen and oxygen atoms in total. The van der Waals surface area contributed by atoms with Crippen molar-refractivity contribution in [3.05, 3.63) is 64.7 Å². The van der Waals surface area contributed by atoms with Crippen LogP contribution in [0.3, 0.4) is 0 Å². The molecule has 1 aliphatic rings. The second kappa shape index (κ2) is 9.57. The van der Waals surface area contributed by atoms with Crippen LogP contribution < -0.4 is 5.32 Å². The molecule has 0 saturated carbocycles. The molecule has 158 valence electrons. The molecule has 0 radical (unpaired) electrons. The van der Waals surface area contributed by atoms with Gasteiger partial charge in [-0.15, -0.1) is 0 Å². The van der Waals surface area contributed by atoms with E-state index in [1.165, 1.54) is 0 Å². The molecule has 0 spiro atoms. The van der Waals surface area contributed by atoms with Crippen molar-refractivity contribution in [2.45, 2.75) is 33.6 Å². The normalized spacial score (nSPS) is 16.1. The van der Waals surface area contributed by atoms with E-state index in [-0.39, 0.29) is 23.7 Å². The van der Waals surface area contributed by atoms with E-state index in [0.717, 1.165) is 24.0 Å². The lowest BCUT2D eigenvalue weighted by Crippen LogP contribution is -2.43. The molecule has 0 aromatic heterocycles. The molecule has 30 heavy (non-hydrogen) atoms.